The van der Waals surface area contributed by atoms with E-state index in [0.717, 1.165) is 121 Å². The molecule has 19 heteroatoms. The zero-order valence-electron chi connectivity index (χ0n) is 56.7. The Morgan fingerprint density at radius 1 is 0.375 bits per heavy atom. The van der Waals surface area contributed by atoms with E-state index in [2.05, 4.69) is 72.8 Å². The van der Waals surface area contributed by atoms with Gasteiger partial charge in [0.2, 0.25) is 0 Å². The Labute approximate surface area is 535 Å². The molecule has 518 valence electrons. The molecule has 0 fully saturated rings. The number of phosphoric ester groups is 2. The Morgan fingerprint density at radius 2 is 0.670 bits per heavy atom. The van der Waals surface area contributed by atoms with Crippen molar-refractivity contribution in [3.05, 3.63) is 24.3 Å². The van der Waals surface area contributed by atoms with E-state index in [9.17, 15) is 43.2 Å². The summed E-state index contributed by atoms with van der Waals surface area (Å²) in [7, 11) is -9.91. The van der Waals surface area contributed by atoms with Gasteiger partial charge in [0.1, 0.15) is 19.3 Å². The lowest BCUT2D eigenvalue weighted by molar-refractivity contribution is -0.161. The van der Waals surface area contributed by atoms with E-state index >= 15 is 0 Å². The molecule has 0 amide bonds. The monoisotopic (exact) mass is 1290 g/mol. The van der Waals surface area contributed by atoms with Gasteiger partial charge in [-0.15, -0.1) is 0 Å². The third kappa shape index (κ3) is 61.1. The number of carbonyl (C=O) groups excluding carboxylic acids is 4. The lowest BCUT2D eigenvalue weighted by atomic mass is 9.99. The lowest BCUT2D eigenvalue weighted by Gasteiger charge is -2.21. The Hall–Kier alpha value is -2.46. The number of hydrogen-bond acceptors (Lipinski definition) is 15. The Bertz CT molecular complexity index is 1830. The van der Waals surface area contributed by atoms with Crippen LogP contribution in [0.3, 0.4) is 0 Å². The van der Waals surface area contributed by atoms with Crippen LogP contribution in [-0.2, 0) is 65.4 Å². The van der Waals surface area contributed by atoms with Gasteiger partial charge in [0.05, 0.1) is 26.4 Å². The lowest BCUT2D eigenvalue weighted by Crippen LogP contribution is -2.30. The summed E-state index contributed by atoms with van der Waals surface area (Å²) in [5.41, 5.74) is 0. The van der Waals surface area contributed by atoms with E-state index in [0.29, 0.717) is 37.5 Å². The van der Waals surface area contributed by atoms with Crippen LogP contribution in [0.5, 0.6) is 0 Å². The molecule has 3 N–H and O–H groups in total. The van der Waals surface area contributed by atoms with Gasteiger partial charge < -0.3 is 33.8 Å². The second-order valence-corrected chi connectivity index (χ2v) is 28.3. The molecule has 0 saturated heterocycles. The van der Waals surface area contributed by atoms with Crippen molar-refractivity contribution in [1.29, 1.82) is 0 Å². The summed E-state index contributed by atoms with van der Waals surface area (Å²) in [4.78, 5) is 72.4. The van der Waals surface area contributed by atoms with Gasteiger partial charge in [-0.3, -0.25) is 37.3 Å². The minimum absolute atomic E-state index is 0.0975. The van der Waals surface area contributed by atoms with E-state index in [1.165, 1.54) is 103 Å². The Kier molecular flexibility index (Phi) is 57.9. The van der Waals surface area contributed by atoms with Crippen molar-refractivity contribution in [2.24, 2.45) is 17.8 Å². The molecule has 4 unspecified atom stereocenters. The zero-order valence-corrected chi connectivity index (χ0v) is 58.5. The average Bonchev–Trinajstić information content (AvgIpc) is 3.71. The third-order valence-corrected chi connectivity index (χ3v) is 17.5. The number of ether oxygens (including phenoxy) is 4. The first kappa shape index (κ1) is 85.5. The Morgan fingerprint density at radius 3 is 1.01 bits per heavy atom. The molecule has 88 heavy (non-hydrogen) atoms. The number of phosphoric acid groups is 2. The fraction of sp³-hybridized carbons (Fsp3) is 0.884. The van der Waals surface area contributed by atoms with Gasteiger partial charge in [0.25, 0.3) is 0 Å². The van der Waals surface area contributed by atoms with Crippen molar-refractivity contribution in [3.8, 4) is 0 Å². The van der Waals surface area contributed by atoms with Crippen molar-refractivity contribution >= 4 is 39.5 Å². The van der Waals surface area contributed by atoms with Gasteiger partial charge in [0, 0.05) is 25.7 Å². The quantitative estimate of drug-likeness (QED) is 0.0169. The van der Waals surface area contributed by atoms with Crippen LogP contribution in [0, 0.1) is 17.8 Å². The molecule has 0 spiro atoms. The number of hydrogen-bond donors (Lipinski definition) is 3. The molecule has 0 aromatic carbocycles. The molecular formula is C69H130O17P2. The van der Waals surface area contributed by atoms with Crippen LogP contribution < -0.4 is 0 Å². The first-order chi connectivity index (χ1) is 42.3. The van der Waals surface area contributed by atoms with E-state index in [1.807, 2.05) is 0 Å². The first-order valence-electron chi connectivity index (χ1n) is 35.2. The summed E-state index contributed by atoms with van der Waals surface area (Å²) in [5, 5.41) is 10.6. The molecule has 0 aromatic heterocycles. The molecule has 0 aliphatic rings. The van der Waals surface area contributed by atoms with E-state index < -0.39 is 97.5 Å². The van der Waals surface area contributed by atoms with Gasteiger partial charge in [-0.05, 0) is 69.1 Å². The van der Waals surface area contributed by atoms with Crippen molar-refractivity contribution in [2.45, 2.75) is 336 Å². The molecule has 0 aromatic rings. The summed E-state index contributed by atoms with van der Waals surface area (Å²) in [5.74, 6) is 0.0240. The van der Waals surface area contributed by atoms with Crippen LogP contribution in [0.4, 0.5) is 0 Å². The van der Waals surface area contributed by atoms with Crippen LogP contribution in [0.1, 0.15) is 318 Å². The van der Waals surface area contributed by atoms with Crippen LogP contribution in [0.25, 0.3) is 0 Å². The molecule has 0 bridgehead atoms. The molecule has 0 aliphatic carbocycles. The first-order valence-corrected chi connectivity index (χ1v) is 38.2. The largest absolute Gasteiger partial charge is 0.472 e. The van der Waals surface area contributed by atoms with E-state index in [-0.39, 0.29) is 25.7 Å². The standard InChI is InChI=1S/C69H130O17P2/c1-8-10-11-12-13-14-15-16-17-18-19-20-29-36-43-50-66(71)79-56-64(86-69(74)53-46-39-31-24-22-28-35-42-49-62(7)9-2)58-83-87(75,76)81-54-63(70)55-82-88(77,78)84-59-65(57-80-67(72)51-44-37-32-25-27-34-41-48-61(5)6)85-68(73)52-45-38-30-23-21-26-33-40-47-60(3)4/h14-17,60-65,70H,8-13,18-59H2,1-7H3,(H,75,76)(H,77,78)/b15-14-,17-16-/t62?,63?,64-,65-/m1/s1. The highest BCUT2D eigenvalue weighted by molar-refractivity contribution is 7.47. The maximum atomic E-state index is 13.0. The predicted molar refractivity (Wildman–Crippen MR) is 354 cm³/mol. The molecule has 6 atom stereocenters. The van der Waals surface area contributed by atoms with Crippen molar-refractivity contribution in [1.82, 2.24) is 0 Å². The minimum atomic E-state index is -4.96. The maximum Gasteiger partial charge on any atom is 0.472 e. The fourth-order valence-electron chi connectivity index (χ4n) is 9.79. The topological polar surface area (TPSA) is 237 Å². The number of rotatable bonds is 65. The van der Waals surface area contributed by atoms with Crippen LogP contribution in [0.15, 0.2) is 24.3 Å². The molecule has 0 saturated carbocycles. The van der Waals surface area contributed by atoms with Crippen LogP contribution in [0.2, 0.25) is 0 Å². The van der Waals surface area contributed by atoms with Gasteiger partial charge in [0.15, 0.2) is 12.2 Å². The highest BCUT2D eigenvalue weighted by Crippen LogP contribution is 2.45. The summed E-state index contributed by atoms with van der Waals surface area (Å²) in [6.45, 7) is 11.7. The summed E-state index contributed by atoms with van der Waals surface area (Å²) >= 11 is 0. The fourth-order valence-corrected chi connectivity index (χ4v) is 11.4. The van der Waals surface area contributed by atoms with Crippen LogP contribution in [-0.4, -0.2) is 96.7 Å². The smallest absolute Gasteiger partial charge is 0.462 e. The minimum Gasteiger partial charge on any atom is -0.462 e. The second kappa shape index (κ2) is 59.5. The zero-order chi connectivity index (χ0) is 65.2. The molecular weight excluding hydrogens is 1160 g/mol. The summed E-state index contributed by atoms with van der Waals surface area (Å²) in [6.07, 6.45) is 45.4. The maximum absolute atomic E-state index is 13.0. The van der Waals surface area contributed by atoms with Gasteiger partial charge in [-0.1, -0.05) is 265 Å². The Balaban J connectivity index is 5.29. The number of esters is 4. The highest BCUT2D eigenvalue weighted by Gasteiger charge is 2.30. The average molecular weight is 1290 g/mol. The van der Waals surface area contributed by atoms with E-state index in [1.54, 1.807) is 0 Å². The SMILES string of the molecule is CCCCCC/C=C\C=C/CCCCCCCC(=O)OC[C@H](COP(=O)(O)OCC(O)COP(=O)(O)OC[C@@H](COC(=O)CCCCCCCCCC(C)C)OC(=O)CCCCCCCCCCC(C)C)OC(=O)CCCCCCCCCCC(C)CC. The predicted octanol–water partition coefficient (Wildman–Crippen LogP) is 19.0. The normalized spacial score (nSPS) is 14.7. The van der Waals surface area contributed by atoms with Crippen molar-refractivity contribution < 1.29 is 80.2 Å². The van der Waals surface area contributed by atoms with Gasteiger partial charge in [-0.2, -0.15) is 0 Å². The van der Waals surface area contributed by atoms with E-state index in [4.69, 9.17) is 37.0 Å². The molecule has 17 nitrogen and oxygen atoms in total. The van der Waals surface area contributed by atoms with Crippen molar-refractivity contribution in [3.63, 3.8) is 0 Å². The molecule has 0 heterocycles. The van der Waals surface area contributed by atoms with Crippen LogP contribution >= 0.6 is 15.6 Å². The van der Waals surface area contributed by atoms with Gasteiger partial charge >= 0.3 is 39.5 Å². The van der Waals surface area contributed by atoms with Gasteiger partial charge in [-0.25, -0.2) is 9.13 Å². The second-order valence-electron chi connectivity index (χ2n) is 25.4. The number of carbonyl (C=O) groups is 4. The molecule has 0 rings (SSSR count). The summed E-state index contributed by atoms with van der Waals surface area (Å²) in [6, 6.07) is 0. The highest BCUT2D eigenvalue weighted by atomic mass is 31.2. The van der Waals surface area contributed by atoms with Crippen molar-refractivity contribution in [2.75, 3.05) is 39.6 Å². The molecule has 0 aliphatic heterocycles. The number of allylic oxidation sites excluding steroid dienone is 4. The molecule has 0 radical (unpaired) electrons. The third-order valence-electron chi connectivity index (χ3n) is 15.6. The summed E-state index contributed by atoms with van der Waals surface area (Å²) < 4.78 is 68.2. The number of aliphatic hydroxyl groups excluding tert-OH is 1. The number of unbranched alkanes of at least 4 members (excludes halogenated alkanes) is 29. The number of aliphatic hydroxyl groups is 1.